The molecule has 1 fully saturated rings. The number of amides is 1. The summed E-state index contributed by atoms with van der Waals surface area (Å²) >= 11 is 1.45. The number of fused-ring (bicyclic) bond motifs is 1. The number of carbonyl (C=O) groups is 2. The number of thioether (sulfide) groups is 1. The van der Waals surface area contributed by atoms with Gasteiger partial charge in [0.15, 0.2) is 5.17 Å². The number of esters is 1. The number of rotatable bonds is 8. The van der Waals surface area contributed by atoms with Gasteiger partial charge >= 0.3 is 5.97 Å². The Morgan fingerprint density at radius 1 is 1.21 bits per heavy atom. The quantitative estimate of drug-likeness (QED) is 0.476. The minimum atomic E-state index is -0.579. The molecule has 1 aromatic carbocycles. The van der Waals surface area contributed by atoms with E-state index >= 15 is 0 Å². The van der Waals surface area contributed by atoms with Crippen molar-refractivity contribution < 1.29 is 23.8 Å². The fourth-order valence-corrected chi connectivity index (χ4v) is 4.51. The van der Waals surface area contributed by atoms with Gasteiger partial charge in [0.25, 0.3) is 0 Å². The summed E-state index contributed by atoms with van der Waals surface area (Å²) in [6, 6.07) is 6.87. The number of carbonyl (C=O) groups excluding carboxylic acids is 2. The molecular formula is C21H26N2O5S. The number of amidine groups is 1. The number of benzene rings is 1. The molecule has 0 bridgehead atoms. The Morgan fingerprint density at radius 2 is 1.93 bits per heavy atom. The first-order chi connectivity index (χ1) is 14.0. The van der Waals surface area contributed by atoms with Crippen LogP contribution in [0.5, 0.6) is 5.75 Å². The number of hydrogen-bond acceptors (Lipinski definition) is 7. The van der Waals surface area contributed by atoms with Crippen LogP contribution in [0.25, 0.3) is 0 Å². The summed E-state index contributed by atoms with van der Waals surface area (Å²) in [6.07, 6.45) is 0.696. The van der Waals surface area contributed by atoms with Gasteiger partial charge in [-0.25, -0.2) is 9.79 Å². The molecule has 0 spiro atoms. The highest BCUT2D eigenvalue weighted by atomic mass is 32.2. The molecule has 1 aromatic rings. The van der Waals surface area contributed by atoms with Gasteiger partial charge in [0, 0.05) is 7.11 Å². The van der Waals surface area contributed by atoms with E-state index in [9.17, 15) is 9.59 Å². The van der Waals surface area contributed by atoms with Crippen LogP contribution in [0, 0.1) is 0 Å². The van der Waals surface area contributed by atoms with Gasteiger partial charge in [0.05, 0.1) is 35.8 Å². The van der Waals surface area contributed by atoms with Crippen molar-refractivity contribution in [3.63, 3.8) is 0 Å². The van der Waals surface area contributed by atoms with Crippen LogP contribution >= 0.6 is 11.8 Å². The molecule has 0 unspecified atom stereocenters. The first-order valence-electron chi connectivity index (χ1n) is 9.69. The zero-order valence-corrected chi connectivity index (χ0v) is 18.0. The zero-order valence-electron chi connectivity index (χ0n) is 17.1. The van der Waals surface area contributed by atoms with Crippen molar-refractivity contribution in [1.29, 1.82) is 0 Å². The number of nitrogens with zero attached hydrogens (tertiary/aromatic N) is 2. The predicted molar refractivity (Wildman–Crippen MR) is 112 cm³/mol. The maximum Gasteiger partial charge on any atom is 0.338 e. The minimum absolute atomic E-state index is 0.0372. The Balaban J connectivity index is 2.01. The maximum atomic E-state index is 13.1. The van der Waals surface area contributed by atoms with Crippen molar-refractivity contribution in [3.8, 4) is 5.75 Å². The molecule has 1 saturated heterocycles. The van der Waals surface area contributed by atoms with Gasteiger partial charge < -0.3 is 14.2 Å². The molecule has 0 aliphatic carbocycles. The van der Waals surface area contributed by atoms with Crippen molar-refractivity contribution in [1.82, 2.24) is 4.90 Å². The minimum Gasteiger partial charge on any atom is -0.494 e. The summed E-state index contributed by atoms with van der Waals surface area (Å²) in [5.41, 5.74) is 1.75. The summed E-state index contributed by atoms with van der Waals surface area (Å²) in [4.78, 5) is 32.2. The van der Waals surface area contributed by atoms with Crippen LogP contribution in [0.15, 0.2) is 40.5 Å². The van der Waals surface area contributed by atoms with Crippen molar-refractivity contribution in [2.45, 2.75) is 38.5 Å². The first-order valence-corrected chi connectivity index (χ1v) is 10.6. The summed E-state index contributed by atoms with van der Waals surface area (Å²) in [5, 5.41) is 0.433. The van der Waals surface area contributed by atoms with Crippen LogP contribution < -0.4 is 4.74 Å². The van der Waals surface area contributed by atoms with Crippen molar-refractivity contribution in [2.75, 3.05) is 26.9 Å². The second kappa shape index (κ2) is 9.45. The van der Waals surface area contributed by atoms with Crippen molar-refractivity contribution in [2.24, 2.45) is 4.99 Å². The molecule has 2 heterocycles. The molecule has 2 atom stereocenters. The van der Waals surface area contributed by atoms with E-state index in [0.717, 1.165) is 11.3 Å². The summed E-state index contributed by atoms with van der Waals surface area (Å²) in [6.45, 7) is 6.68. The second-order valence-electron chi connectivity index (χ2n) is 6.65. The smallest absolute Gasteiger partial charge is 0.338 e. The molecule has 0 N–H and O–H groups in total. The Labute approximate surface area is 175 Å². The van der Waals surface area contributed by atoms with Crippen LogP contribution in [0.2, 0.25) is 0 Å². The molecule has 0 radical (unpaired) electrons. The monoisotopic (exact) mass is 418 g/mol. The third-order valence-electron chi connectivity index (χ3n) is 4.77. The predicted octanol–water partition coefficient (Wildman–Crippen LogP) is 3.31. The molecule has 156 valence electrons. The number of allylic oxidation sites excluding steroid dienone is 1. The van der Waals surface area contributed by atoms with Gasteiger partial charge in [0.2, 0.25) is 5.91 Å². The molecule has 1 amide bonds. The van der Waals surface area contributed by atoms with Gasteiger partial charge in [-0.15, -0.1) is 0 Å². The average molecular weight is 419 g/mol. The first kappa shape index (κ1) is 21.4. The van der Waals surface area contributed by atoms with Crippen LogP contribution in [-0.2, 0) is 19.1 Å². The Kier molecular flexibility index (Phi) is 6.97. The van der Waals surface area contributed by atoms with Gasteiger partial charge in [0.1, 0.15) is 12.4 Å². The van der Waals surface area contributed by atoms with Crippen LogP contribution in [-0.4, -0.2) is 54.1 Å². The summed E-state index contributed by atoms with van der Waals surface area (Å²) < 4.78 is 15.9. The van der Waals surface area contributed by atoms with E-state index in [4.69, 9.17) is 14.2 Å². The molecule has 2 aliphatic rings. The summed E-state index contributed by atoms with van der Waals surface area (Å²) in [7, 11) is 1.54. The van der Waals surface area contributed by atoms with Crippen LogP contribution in [0.1, 0.15) is 38.8 Å². The van der Waals surface area contributed by atoms with Crippen molar-refractivity contribution in [3.05, 3.63) is 41.1 Å². The SMILES string of the molecule is CCOc1ccc([C@@H]2C(C(=O)OCCOC)=C(C)N=C3S[C@H](CC)C(=O)N32)cc1. The largest absolute Gasteiger partial charge is 0.494 e. The molecule has 0 aromatic heterocycles. The Bertz CT molecular complexity index is 834. The standard InChI is InChI=1S/C21H26N2O5S/c1-5-16-19(24)23-18(14-7-9-15(10-8-14)27-6-2)17(13(3)22-21(23)29-16)20(25)28-12-11-26-4/h7-10,16,18H,5-6,11-12H2,1-4H3/t16-,18-/m1/s1. The molecule has 8 heteroatoms. The topological polar surface area (TPSA) is 77.4 Å². The van der Waals surface area contributed by atoms with Gasteiger partial charge in [-0.1, -0.05) is 30.8 Å². The van der Waals surface area contributed by atoms with E-state index in [0.29, 0.717) is 36.1 Å². The average Bonchev–Trinajstić information content (AvgIpc) is 3.03. The molecule has 29 heavy (non-hydrogen) atoms. The van der Waals surface area contributed by atoms with Crippen LogP contribution in [0.3, 0.4) is 0 Å². The van der Waals surface area contributed by atoms with Crippen molar-refractivity contribution >= 4 is 28.8 Å². The van der Waals surface area contributed by atoms with E-state index < -0.39 is 12.0 Å². The molecular weight excluding hydrogens is 392 g/mol. The number of hydrogen-bond donors (Lipinski definition) is 0. The van der Waals surface area contributed by atoms with E-state index in [1.165, 1.54) is 11.8 Å². The number of aliphatic imine (C=N–C) groups is 1. The lowest BCUT2D eigenvalue weighted by Crippen LogP contribution is -2.40. The molecule has 2 aliphatic heterocycles. The zero-order chi connectivity index (χ0) is 21.0. The fraction of sp³-hybridized carbons (Fsp3) is 0.476. The molecule has 7 nitrogen and oxygen atoms in total. The Morgan fingerprint density at radius 3 is 2.55 bits per heavy atom. The molecule has 0 saturated carbocycles. The molecule has 3 rings (SSSR count). The maximum absolute atomic E-state index is 13.1. The van der Waals surface area contributed by atoms with E-state index in [2.05, 4.69) is 4.99 Å². The normalized spacial score (nSPS) is 21.2. The second-order valence-corrected chi connectivity index (χ2v) is 7.82. The van der Waals surface area contributed by atoms with Crippen LogP contribution in [0.4, 0.5) is 0 Å². The lowest BCUT2D eigenvalue weighted by Gasteiger charge is -2.33. The van der Waals surface area contributed by atoms with Gasteiger partial charge in [-0.3, -0.25) is 9.69 Å². The van der Waals surface area contributed by atoms with E-state index in [1.807, 2.05) is 38.1 Å². The number of ether oxygens (including phenoxy) is 3. The summed E-state index contributed by atoms with van der Waals surface area (Å²) in [5.74, 6) is 0.211. The lowest BCUT2D eigenvalue weighted by molar-refractivity contribution is -0.141. The third-order valence-corrected chi connectivity index (χ3v) is 6.09. The highest BCUT2D eigenvalue weighted by Gasteiger charge is 2.47. The fourth-order valence-electron chi connectivity index (χ4n) is 3.37. The lowest BCUT2D eigenvalue weighted by atomic mass is 9.94. The highest BCUT2D eigenvalue weighted by molar-refractivity contribution is 8.15. The number of methoxy groups -OCH3 is 1. The van der Waals surface area contributed by atoms with Gasteiger partial charge in [-0.2, -0.15) is 0 Å². The van der Waals surface area contributed by atoms with Gasteiger partial charge in [-0.05, 0) is 38.0 Å². The third kappa shape index (κ3) is 4.33. The van der Waals surface area contributed by atoms with E-state index in [-0.39, 0.29) is 17.8 Å². The Hall–Kier alpha value is -2.32. The highest BCUT2D eigenvalue weighted by Crippen LogP contribution is 2.44. The van der Waals surface area contributed by atoms with E-state index in [1.54, 1.807) is 18.9 Å².